The Morgan fingerprint density at radius 2 is 1.84 bits per heavy atom. The fourth-order valence-corrected chi connectivity index (χ4v) is 2.75. The van der Waals surface area contributed by atoms with Crippen molar-refractivity contribution in [3.63, 3.8) is 0 Å². The summed E-state index contributed by atoms with van der Waals surface area (Å²) in [5.74, 6) is -1.02. The van der Waals surface area contributed by atoms with Crippen molar-refractivity contribution in [2.45, 2.75) is 44.8 Å². The quantitative estimate of drug-likeness (QED) is 0.890. The van der Waals surface area contributed by atoms with Crippen LogP contribution in [-0.2, 0) is 0 Å². The minimum Gasteiger partial charge on any atom is -0.324 e. The van der Waals surface area contributed by atoms with Gasteiger partial charge < -0.3 is 5.73 Å². The zero-order valence-corrected chi connectivity index (χ0v) is 11.0. The Morgan fingerprint density at radius 1 is 1.21 bits per heavy atom. The molecular weight excluding hydrogens is 253 g/mol. The number of aryl methyl sites for hydroxylation is 1. The van der Waals surface area contributed by atoms with E-state index in [0.29, 0.717) is 12.8 Å². The Kier molecular flexibility index (Phi) is 4.13. The van der Waals surface area contributed by atoms with Gasteiger partial charge in [0.2, 0.25) is 0 Å². The minimum absolute atomic E-state index is 0.128. The van der Waals surface area contributed by atoms with Crippen molar-refractivity contribution in [3.05, 3.63) is 29.6 Å². The number of halogens is 3. The third kappa shape index (κ3) is 3.47. The first-order valence-corrected chi connectivity index (χ1v) is 6.63. The summed E-state index contributed by atoms with van der Waals surface area (Å²) in [7, 11) is 0. The predicted molar refractivity (Wildman–Crippen MR) is 67.4 cm³/mol. The molecule has 1 fully saturated rings. The molecule has 0 spiro atoms. The SMILES string of the molecule is Cc1ccc(C(N)C2CCC(C(F)(F)F)CC2)cn1. The van der Waals surface area contributed by atoms with E-state index in [9.17, 15) is 13.2 Å². The van der Waals surface area contributed by atoms with Gasteiger partial charge in [0.05, 0.1) is 5.92 Å². The molecule has 1 heterocycles. The van der Waals surface area contributed by atoms with E-state index in [4.69, 9.17) is 5.73 Å². The largest absolute Gasteiger partial charge is 0.391 e. The third-order valence-corrected chi connectivity index (χ3v) is 4.06. The molecule has 1 aliphatic rings. The van der Waals surface area contributed by atoms with Crippen LogP contribution in [0.2, 0.25) is 0 Å². The van der Waals surface area contributed by atoms with Gasteiger partial charge in [0.25, 0.3) is 0 Å². The monoisotopic (exact) mass is 272 g/mol. The second-order valence-electron chi connectivity index (χ2n) is 5.41. The Bertz CT molecular complexity index is 406. The van der Waals surface area contributed by atoms with E-state index in [1.165, 1.54) is 0 Å². The Morgan fingerprint density at radius 3 is 2.32 bits per heavy atom. The van der Waals surface area contributed by atoms with Crippen LogP contribution in [0, 0.1) is 18.8 Å². The molecule has 1 atom stereocenters. The van der Waals surface area contributed by atoms with Crippen LogP contribution < -0.4 is 5.73 Å². The summed E-state index contributed by atoms with van der Waals surface area (Å²) in [6, 6.07) is 3.60. The number of nitrogens with two attached hydrogens (primary N) is 1. The normalized spacial score (nSPS) is 26.2. The van der Waals surface area contributed by atoms with Crippen LogP contribution in [0.4, 0.5) is 13.2 Å². The summed E-state index contributed by atoms with van der Waals surface area (Å²) in [5.41, 5.74) is 7.98. The number of alkyl halides is 3. The molecule has 0 bridgehead atoms. The molecule has 1 aromatic rings. The van der Waals surface area contributed by atoms with Crippen LogP contribution in [-0.4, -0.2) is 11.2 Å². The van der Waals surface area contributed by atoms with Crippen molar-refractivity contribution in [1.29, 1.82) is 0 Å². The number of aromatic nitrogens is 1. The fourth-order valence-electron chi connectivity index (χ4n) is 2.75. The van der Waals surface area contributed by atoms with Crippen LogP contribution in [0.15, 0.2) is 18.3 Å². The highest BCUT2D eigenvalue weighted by Crippen LogP contribution is 2.42. The second kappa shape index (κ2) is 5.49. The van der Waals surface area contributed by atoms with E-state index < -0.39 is 12.1 Å². The van der Waals surface area contributed by atoms with E-state index in [1.807, 2.05) is 19.1 Å². The van der Waals surface area contributed by atoms with Gasteiger partial charge in [-0.15, -0.1) is 0 Å². The molecule has 0 saturated heterocycles. The summed E-state index contributed by atoms with van der Waals surface area (Å²) in [6.45, 7) is 1.89. The summed E-state index contributed by atoms with van der Waals surface area (Å²) < 4.78 is 37.8. The van der Waals surface area contributed by atoms with Gasteiger partial charge in [0, 0.05) is 17.9 Å². The molecular formula is C14H19F3N2. The van der Waals surface area contributed by atoms with E-state index in [0.717, 1.165) is 11.3 Å². The molecule has 2 N–H and O–H groups in total. The molecule has 0 aliphatic heterocycles. The maximum Gasteiger partial charge on any atom is 0.391 e. The predicted octanol–water partition coefficient (Wildman–Crippen LogP) is 3.76. The molecule has 106 valence electrons. The first kappa shape index (κ1) is 14.3. The van der Waals surface area contributed by atoms with Crippen molar-refractivity contribution in [1.82, 2.24) is 4.98 Å². The highest BCUT2D eigenvalue weighted by molar-refractivity contribution is 5.17. The number of pyridine rings is 1. The topological polar surface area (TPSA) is 38.9 Å². The van der Waals surface area contributed by atoms with Gasteiger partial charge in [-0.1, -0.05) is 6.07 Å². The Balaban J connectivity index is 1.96. The lowest BCUT2D eigenvalue weighted by Crippen LogP contribution is -2.31. The molecule has 1 unspecified atom stereocenters. The molecule has 0 aromatic carbocycles. The van der Waals surface area contributed by atoms with E-state index in [2.05, 4.69) is 4.98 Å². The second-order valence-corrected chi connectivity index (χ2v) is 5.41. The van der Waals surface area contributed by atoms with Gasteiger partial charge in [0.15, 0.2) is 0 Å². The molecule has 1 aromatic heterocycles. The number of hydrogen-bond acceptors (Lipinski definition) is 2. The lowest BCUT2D eigenvalue weighted by molar-refractivity contribution is -0.184. The van der Waals surface area contributed by atoms with Gasteiger partial charge in [-0.05, 0) is 50.2 Å². The zero-order chi connectivity index (χ0) is 14.0. The van der Waals surface area contributed by atoms with Crippen molar-refractivity contribution in [2.75, 3.05) is 0 Å². The number of hydrogen-bond donors (Lipinski definition) is 1. The van der Waals surface area contributed by atoms with Gasteiger partial charge in [0.1, 0.15) is 0 Å². The number of rotatable bonds is 2. The lowest BCUT2D eigenvalue weighted by Gasteiger charge is -2.33. The van der Waals surface area contributed by atoms with E-state index >= 15 is 0 Å². The Hall–Kier alpha value is -1.10. The van der Waals surface area contributed by atoms with Gasteiger partial charge >= 0.3 is 6.18 Å². The van der Waals surface area contributed by atoms with Crippen molar-refractivity contribution in [2.24, 2.45) is 17.6 Å². The van der Waals surface area contributed by atoms with Crippen molar-refractivity contribution in [3.8, 4) is 0 Å². The molecule has 1 aliphatic carbocycles. The van der Waals surface area contributed by atoms with Crippen molar-refractivity contribution < 1.29 is 13.2 Å². The molecule has 2 rings (SSSR count). The first-order chi connectivity index (χ1) is 8.88. The summed E-state index contributed by atoms with van der Waals surface area (Å²) in [4.78, 5) is 4.19. The summed E-state index contributed by atoms with van der Waals surface area (Å²) >= 11 is 0. The number of nitrogens with zero attached hydrogens (tertiary/aromatic N) is 1. The standard InChI is InChI=1S/C14H19F3N2/c1-9-2-3-11(8-19-9)13(18)10-4-6-12(7-5-10)14(15,16)17/h2-3,8,10,12-13H,4-7,18H2,1H3. The molecule has 0 amide bonds. The zero-order valence-electron chi connectivity index (χ0n) is 11.0. The van der Waals surface area contributed by atoms with Gasteiger partial charge in [-0.25, -0.2) is 0 Å². The Labute approximate surface area is 111 Å². The van der Waals surface area contributed by atoms with Crippen LogP contribution in [0.25, 0.3) is 0 Å². The first-order valence-electron chi connectivity index (χ1n) is 6.63. The average Bonchev–Trinajstić information content (AvgIpc) is 2.38. The summed E-state index contributed by atoms with van der Waals surface area (Å²) in [5, 5.41) is 0. The minimum atomic E-state index is -4.06. The molecule has 5 heteroatoms. The molecule has 1 saturated carbocycles. The highest BCUT2D eigenvalue weighted by Gasteiger charge is 2.42. The van der Waals surface area contributed by atoms with Gasteiger partial charge in [-0.2, -0.15) is 13.2 Å². The molecule has 19 heavy (non-hydrogen) atoms. The third-order valence-electron chi connectivity index (χ3n) is 4.06. The van der Waals surface area contributed by atoms with Crippen LogP contribution in [0.1, 0.15) is 43.0 Å². The van der Waals surface area contributed by atoms with Crippen LogP contribution in [0.3, 0.4) is 0 Å². The molecule has 2 nitrogen and oxygen atoms in total. The van der Waals surface area contributed by atoms with Crippen molar-refractivity contribution >= 4 is 0 Å². The smallest absolute Gasteiger partial charge is 0.324 e. The maximum atomic E-state index is 12.6. The lowest BCUT2D eigenvalue weighted by atomic mass is 9.77. The maximum absolute atomic E-state index is 12.6. The average molecular weight is 272 g/mol. The van der Waals surface area contributed by atoms with Gasteiger partial charge in [-0.3, -0.25) is 4.98 Å². The highest BCUT2D eigenvalue weighted by atomic mass is 19.4. The van der Waals surface area contributed by atoms with Crippen LogP contribution >= 0.6 is 0 Å². The van der Waals surface area contributed by atoms with Crippen LogP contribution in [0.5, 0.6) is 0 Å². The van der Waals surface area contributed by atoms with E-state index in [1.54, 1.807) is 6.20 Å². The summed E-state index contributed by atoms with van der Waals surface area (Å²) in [6.07, 6.45) is -0.850. The van der Waals surface area contributed by atoms with E-state index in [-0.39, 0.29) is 24.8 Å². The fraction of sp³-hybridized carbons (Fsp3) is 0.643. The molecule has 0 radical (unpaired) electrons.